The second-order valence-electron chi connectivity index (χ2n) is 9.76. The topological polar surface area (TPSA) is 73.1 Å². The Morgan fingerprint density at radius 2 is 1.75 bits per heavy atom. The average Bonchev–Trinajstić information content (AvgIpc) is 3.25. The third-order valence-corrected chi connectivity index (χ3v) is 7.45. The molecule has 0 radical (unpaired) electrons. The zero-order chi connectivity index (χ0) is 25.8. The Hall–Kier alpha value is -2.99. The number of aromatic nitrogens is 4. The Morgan fingerprint density at radius 3 is 2.33 bits per heavy atom. The summed E-state index contributed by atoms with van der Waals surface area (Å²) in [6.45, 7) is -1.50. The van der Waals surface area contributed by atoms with Crippen LogP contribution in [0.25, 0.3) is 0 Å². The second kappa shape index (κ2) is 8.55. The van der Waals surface area contributed by atoms with Crippen LogP contribution in [0.3, 0.4) is 0 Å². The standard InChI is InChI=1S/C24H22F6N4O2/c25-17-5-6-18(19(26)7-17)23(35,13-34-14-31-32-33-34)24(29,30)22-10-21(11-22,12-22)16-3-1-15(2-4-16)8-36-9-20(27)28/h1-7,14,20,35H,8-13H2. The first-order chi connectivity index (χ1) is 17.0. The van der Waals surface area contributed by atoms with Gasteiger partial charge in [0.25, 0.3) is 12.3 Å². The first-order valence-corrected chi connectivity index (χ1v) is 11.2. The summed E-state index contributed by atoms with van der Waals surface area (Å²) in [5.41, 5.74) is -4.42. The molecule has 1 heterocycles. The highest BCUT2D eigenvalue weighted by atomic mass is 19.3. The molecule has 192 valence electrons. The van der Waals surface area contributed by atoms with Crippen molar-refractivity contribution in [3.05, 3.63) is 77.1 Å². The van der Waals surface area contributed by atoms with E-state index >= 15 is 8.78 Å². The molecule has 1 N–H and O–H groups in total. The summed E-state index contributed by atoms with van der Waals surface area (Å²) in [7, 11) is 0. The van der Waals surface area contributed by atoms with Gasteiger partial charge in [0, 0.05) is 17.0 Å². The monoisotopic (exact) mass is 512 g/mol. The molecule has 0 amide bonds. The molecule has 3 saturated carbocycles. The maximum atomic E-state index is 16.2. The molecule has 0 saturated heterocycles. The minimum atomic E-state index is -3.81. The molecule has 3 aliphatic rings. The molecule has 6 nitrogen and oxygen atoms in total. The lowest BCUT2D eigenvalue weighted by atomic mass is 9.30. The van der Waals surface area contributed by atoms with Gasteiger partial charge in [0.2, 0.25) is 0 Å². The molecular weight excluding hydrogens is 490 g/mol. The van der Waals surface area contributed by atoms with Crippen molar-refractivity contribution in [2.75, 3.05) is 6.61 Å². The highest BCUT2D eigenvalue weighted by Gasteiger charge is 2.82. The number of nitrogens with zero attached hydrogens (tertiary/aromatic N) is 4. The lowest BCUT2D eigenvalue weighted by Gasteiger charge is -2.74. The molecular formula is C24H22F6N4O2. The smallest absolute Gasteiger partial charge is 0.287 e. The van der Waals surface area contributed by atoms with Gasteiger partial charge in [-0.25, -0.2) is 31.0 Å². The van der Waals surface area contributed by atoms with Crippen LogP contribution in [0.2, 0.25) is 0 Å². The molecule has 3 aromatic rings. The molecule has 2 aromatic carbocycles. The Labute approximate surface area is 201 Å². The number of ether oxygens (including phenoxy) is 1. The maximum absolute atomic E-state index is 16.2. The van der Waals surface area contributed by atoms with Crippen LogP contribution in [0.5, 0.6) is 0 Å². The van der Waals surface area contributed by atoms with E-state index in [1.807, 2.05) is 0 Å². The number of alkyl halides is 4. The van der Waals surface area contributed by atoms with Crippen LogP contribution in [-0.4, -0.2) is 44.3 Å². The number of benzene rings is 2. The first kappa shape index (κ1) is 24.7. The third-order valence-electron chi connectivity index (χ3n) is 7.45. The Kier molecular flexibility index (Phi) is 5.86. The van der Waals surface area contributed by atoms with Crippen LogP contribution >= 0.6 is 0 Å². The summed E-state index contributed by atoms with van der Waals surface area (Å²) in [6, 6.07) is 9.01. The number of hydrogen-bond donors (Lipinski definition) is 1. The van der Waals surface area contributed by atoms with Crippen LogP contribution in [0.1, 0.15) is 36.0 Å². The fourth-order valence-electron chi connectivity index (χ4n) is 5.75. The summed E-state index contributed by atoms with van der Waals surface area (Å²) in [5.74, 6) is -6.07. The highest BCUT2D eigenvalue weighted by molar-refractivity contribution is 5.43. The van der Waals surface area contributed by atoms with Gasteiger partial charge in [-0.05, 0) is 58.4 Å². The number of rotatable bonds is 10. The van der Waals surface area contributed by atoms with Crippen molar-refractivity contribution < 1.29 is 36.2 Å². The van der Waals surface area contributed by atoms with E-state index in [0.29, 0.717) is 11.6 Å². The number of halogens is 6. The molecule has 1 atom stereocenters. The minimum absolute atomic E-state index is 0.00698. The van der Waals surface area contributed by atoms with E-state index in [2.05, 4.69) is 15.5 Å². The lowest BCUT2D eigenvalue weighted by Crippen LogP contribution is -2.76. The SMILES string of the molecule is OC(Cn1cnnn1)(c1ccc(F)cc1F)C(F)(F)C12CC(c3ccc(COCC(F)F)cc3)(C1)C2. The van der Waals surface area contributed by atoms with Crippen molar-refractivity contribution in [2.24, 2.45) is 5.41 Å². The molecule has 0 aliphatic heterocycles. The van der Waals surface area contributed by atoms with Crippen molar-refractivity contribution >= 4 is 0 Å². The van der Waals surface area contributed by atoms with E-state index in [4.69, 9.17) is 4.74 Å². The quantitative estimate of drug-likeness (QED) is 0.409. The summed E-state index contributed by atoms with van der Waals surface area (Å²) in [4.78, 5) is 0. The van der Waals surface area contributed by atoms with Crippen LogP contribution < -0.4 is 0 Å². The fraction of sp³-hybridized carbons (Fsp3) is 0.458. The zero-order valence-electron chi connectivity index (χ0n) is 18.9. The van der Waals surface area contributed by atoms with Crippen molar-refractivity contribution in [3.63, 3.8) is 0 Å². The van der Waals surface area contributed by atoms with Crippen molar-refractivity contribution in [2.45, 2.75) is 55.8 Å². The van der Waals surface area contributed by atoms with Crippen LogP contribution in [0.15, 0.2) is 48.8 Å². The molecule has 1 aromatic heterocycles. The van der Waals surface area contributed by atoms with Gasteiger partial charge < -0.3 is 9.84 Å². The Balaban J connectivity index is 1.37. The van der Waals surface area contributed by atoms with Gasteiger partial charge in [0.1, 0.15) is 24.6 Å². The van der Waals surface area contributed by atoms with Crippen LogP contribution in [-0.2, 0) is 28.9 Å². The Bertz CT molecular complexity index is 1220. The summed E-state index contributed by atoms with van der Waals surface area (Å²) >= 11 is 0. The third kappa shape index (κ3) is 3.78. The fourth-order valence-corrected chi connectivity index (χ4v) is 5.75. The van der Waals surface area contributed by atoms with Gasteiger partial charge in [-0.1, -0.05) is 24.3 Å². The number of aliphatic hydroxyl groups is 1. The minimum Gasteiger partial charge on any atom is -0.377 e. The molecule has 2 bridgehead atoms. The molecule has 3 aliphatic carbocycles. The second-order valence-corrected chi connectivity index (χ2v) is 9.76. The summed E-state index contributed by atoms with van der Waals surface area (Å²) in [5, 5.41) is 21.7. The van der Waals surface area contributed by atoms with Gasteiger partial charge in [-0.2, -0.15) is 0 Å². The molecule has 0 spiro atoms. The highest BCUT2D eigenvalue weighted by Crippen LogP contribution is 2.80. The maximum Gasteiger partial charge on any atom is 0.287 e. The van der Waals surface area contributed by atoms with E-state index in [0.717, 1.165) is 28.7 Å². The summed E-state index contributed by atoms with van der Waals surface area (Å²) in [6.07, 6.45) is -1.39. The van der Waals surface area contributed by atoms with Crippen molar-refractivity contribution in [1.29, 1.82) is 0 Å². The van der Waals surface area contributed by atoms with E-state index < -0.39 is 59.1 Å². The summed E-state index contributed by atoms with van der Waals surface area (Å²) < 4.78 is 90.8. The van der Waals surface area contributed by atoms with Gasteiger partial charge in [0.15, 0.2) is 5.60 Å². The first-order valence-electron chi connectivity index (χ1n) is 11.2. The molecule has 3 fully saturated rings. The van der Waals surface area contributed by atoms with Gasteiger partial charge in [-0.3, -0.25) is 0 Å². The van der Waals surface area contributed by atoms with Crippen LogP contribution in [0.4, 0.5) is 26.3 Å². The largest absolute Gasteiger partial charge is 0.377 e. The van der Waals surface area contributed by atoms with Gasteiger partial charge >= 0.3 is 0 Å². The molecule has 36 heavy (non-hydrogen) atoms. The van der Waals surface area contributed by atoms with E-state index in [1.54, 1.807) is 24.3 Å². The number of hydrogen-bond acceptors (Lipinski definition) is 5. The van der Waals surface area contributed by atoms with E-state index in [-0.39, 0.29) is 25.9 Å². The van der Waals surface area contributed by atoms with Crippen molar-refractivity contribution in [1.82, 2.24) is 20.2 Å². The van der Waals surface area contributed by atoms with E-state index in [9.17, 15) is 22.7 Å². The average molecular weight is 512 g/mol. The number of tetrazole rings is 1. The predicted octanol–water partition coefficient (Wildman–Crippen LogP) is 4.38. The predicted molar refractivity (Wildman–Crippen MR) is 113 cm³/mol. The molecule has 1 unspecified atom stereocenters. The van der Waals surface area contributed by atoms with Crippen molar-refractivity contribution in [3.8, 4) is 0 Å². The molecule has 6 rings (SSSR count). The Morgan fingerprint density at radius 1 is 1.06 bits per heavy atom. The molecule has 12 heteroatoms. The lowest BCUT2D eigenvalue weighted by molar-refractivity contribution is -0.347. The van der Waals surface area contributed by atoms with Gasteiger partial charge in [-0.15, -0.1) is 5.10 Å². The van der Waals surface area contributed by atoms with Gasteiger partial charge in [0.05, 0.1) is 13.2 Å². The van der Waals surface area contributed by atoms with Crippen LogP contribution in [0, 0.1) is 17.0 Å². The normalized spacial score (nSPS) is 24.8. The van der Waals surface area contributed by atoms with E-state index in [1.165, 1.54) is 0 Å². The zero-order valence-corrected chi connectivity index (χ0v) is 18.9.